The zero-order valence-corrected chi connectivity index (χ0v) is 11.6. The van der Waals surface area contributed by atoms with Crippen LogP contribution in [0.5, 0.6) is 0 Å². The summed E-state index contributed by atoms with van der Waals surface area (Å²) in [4.78, 5) is 19.6. The monoisotopic (exact) mass is 253 g/mol. The molecule has 2 rings (SSSR count). The van der Waals surface area contributed by atoms with Crippen molar-refractivity contribution < 1.29 is 4.79 Å². The van der Waals surface area contributed by atoms with Crippen LogP contribution >= 0.6 is 11.3 Å². The average Bonchev–Trinajstić information content (AvgIpc) is 2.45. The summed E-state index contributed by atoms with van der Waals surface area (Å²) in [7, 11) is 0. The first kappa shape index (κ1) is 12.4. The minimum atomic E-state index is -0.144. The Bertz CT molecular complexity index is 416. The van der Waals surface area contributed by atoms with E-state index in [9.17, 15) is 4.79 Å². The first-order chi connectivity index (χ1) is 7.85. The van der Waals surface area contributed by atoms with Crippen LogP contribution in [0.2, 0.25) is 0 Å². The molecular formula is C12H19N3OS. The van der Waals surface area contributed by atoms with Crippen LogP contribution in [0.25, 0.3) is 0 Å². The highest BCUT2D eigenvalue weighted by Crippen LogP contribution is 2.28. The van der Waals surface area contributed by atoms with Gasteiger partial charge < -0.3 is 10.2 Å². The molecular weight excluding hydrogens is 234 g/mol. The SMILES string of the molecule is Cc1cnc(N2CC(C(=O)NC(C)(C)C)C2)s1. The van der Waals surface area contributed by atoms with E-state index in [0.717, 1.165) is 18.2 Å². The molecule has 0 atom stereocenters. The lowest BCUT2D eigenvalue weighted by Crippen LogP contribution is -2.56. The highest BCUT2D eigenvalue weighted by molar-refractivity contribution is 7.15. The normalized spacial score (nSPS) is 16.8. The molecule has 5 heteroatoms. The van der Waals surface area contributed by atoms with Crippen LogP contribution < -0.4 is 10.2 Å². The van der Waals surface area contributed by atoms with Crippen molar-refractivity contribution in [1.29, 1.82) is 0 Å². The first-order valence-corrected chi connectivity index (χ1v) is 6.66. The molecule has 1 aromatic rings. The molecule has 1 saturated heterocycles. The van der Waals surface area contributed by atoms with Crippen LogP contribution in [0, 0.1) is 12.8 Å². The third-order valence-electron chi connectivity index (χ3n) is 2.63. The Kier molecular flexibility index (Phi) is 3.12. The molecule has 1 N–H and O–H groups in total. The van der Waals surface area contributed by atoms with Crippen molar-refractivity contribution in [2.75, 3.05) is 18.0 Å². The van der Waals surface area contributed by atoms with Crippen LogP contribution in [0.1, 0.15) is 25.6 Å². The topological polar surface area (TPSA) is 45.2 Å². The van der Waals surface area contributed by atoms with Gasteiger partial charge in [-0.05, 0) is 27.7 Å². The number of amides is 1. The van der Waals surface area contributed by atoms with Gasteiger partial charge in [-0.1, -0.05) is 0 Å². The second-order valence-electron chi connectivity index (χ2n) is 5.59. The van der Waals surface area contributed by atoms with Crippen LogP contribution in [0.3, 0.4) is 0 Å². The second-order valence-corrected chi connectivity index (χ2v) is 6.81. The number of aromatic nitrogens is 1. The van der Waals surface area contributed by atoms with Gasteiger partial charge in [-0.3, -0.25) is 4.79 Å². The van der Waals surface area contributed by atoms with Crippen molar-refractivity contribution in [2.45, 2.75) is 33.2 Å². The molecule has 0 aromatic carbocycles. The van der Waals surface area contributed by atoms with Gasteiger partial charge in [0.25, 0.3) is 0 Å². The maximum absolute atomic E-state index is 11.9. The predicted octanol–water partition coefficient (Wildman–Crippen LogP) is 1.80. The summed E-state index contributed by atoms with van der Waals surface area (Å²) in [6.45, 7) is 9.64. The Labute approximate surface area is 106 Å². The zero-order valence-electron chi connectivity index (χ0n) is 10.8. The maximum Gasteiger partial charge on any atom is 0.227 e. The van der Waals surface area contributed by atoms with E-state index in [1.165, 1.54) is 4.88 Å². The number of thiazole rings is 1. The highest BCUT2D eigenvalue weighted by Gasteiger charge is 2.35. The van der Waals surface area contributed by atoms with E-state index in [2.05, 4.69) is 15.2 Å². The Morgan fingerprint density at radius 1 is 1.53 bits per heavy atom. The number of hydrogen-bond donors (Lipinski definition) is 1. The van der Waals surface area contributed by atoms with Crippen molar-refractivity contribution in [3.05, 3.63) is 11.1 Å². The van der Waals surface area contributed by atoms with E-state index in [1.807, 2.05) is 33.9 Å². The number of anilines is 1. The van der Waals surface area contributed by atoms with E-state index < -0.39 is 0 Å². The molecule has 0 saturated carbocycles. The number of hydrogen-bond acceptors (Lipinski definition) is 4. The molecule has 4 nitrogen and oxygen atoms in total. The van der Waals surface area contributed by atoms with E-state index in [1.54, 1.807) is 11.3 Å². The molecule has 1 aliphatic rings. The molecule has 0 bridgehead atoms. The molecule has 0 unspecified atom stereocenters. The van der Waals surface area contributed by atoms with Gasteiger partial charge in [-0.25, -0.2) is 4.98 Å². The summed E-state index contributed by atoms with van der Waals surface area (Å²) in [6.07, 6.45) is 1.88. The summed E-state index contributed by atoms with van der Waals surface area (Å²) in [5, 5.41) is 4.05. The number of carbonyl (C=O) groups excluding carboxylic acids is 1. The molecule has 94 valence electrons. The van der Waals surface area contributed by atoms with Gasteiger partial charge in [0.15, 0.2) is 5.13 Å². The number of nitrogens with zero attached hydrogens (tertiary/aromatic N) is 2. The number of nitrogens with one attached hydrogen (secondary N) is 1. The standard InChI is InChI=1S/C12H19N3OS/c1-8-5-13-11(17-8)15-6-9(7-15)10(16)14-12(2,3)4/h5,9H,6-7H2,1-4H3,(H,14,16). The summed E-state index contributed by atoms with van der Waals surface area (Å²) >= 11 is 1.68. The number of carbonyl (C=O) groups is 1. The summed E-state index contributed by atoms with van der Waals surface area (Å²) in [5.74, 6) is 0.264. The number of aryl methyl sites for hydroxylation is 1. The Morgan fingerprint density at radius 3 is 2.65 bits per heavy atom. The maximum atomic E-state index is 11.9. The molecule has 17 heavy (non-hydrogen) atoms. The fourth-order valence-electron chi connectivity index (χ4n) is 1.76. The van der Waals surface area contributed by atoms with E-state index >= 15 is 0 Å². The smallest absolute Gasteiger partial charge is 0.227 e. The quantitative estimate of drug-likeness (QED) is 0.874. The molecule has 0 spiro atoms. The van der Waals surface area contributed by atoms with Gasteiger partial charge in [0.05, 0.1) is 5.92 Å². The molecule has 0 radical (unpaired) electrons. The highest BCUT2D eigenvalue weighted by atomic mass is 32.1. The van der Waals surface area contributed by atoms with Crippen molar-refractivity contribution in [3.8, 4) is 0 Å². The Morgan fingerprint density at radius 2 is 2.18 bits per heavy atom. The average molecular weight is 253 g/mol. The van der Waals surface area contributed by atoms with Gasteiger partial charge in [-0.15, -0.1) is 11.3 Å². The minimum absolute atomic E-state index is 0.110. The van der Waals surface area contributed by atoms with Crippen LogP contribution in [-0.2, 0) is 4.79 Å². The van der Waals surface area contributed by atoms with Gasteiger partial charge >= 0.3 is 0 Å². The molecule has 1 fully saturated rings. The largest absolute Gasteiger partial charge is 0.351 e. The van der Waals surface area contributed by atoms with Crippen molar-refractivity contribution in [1.82, 2.24) is 10.3 Å². The Hall–Kier alpha value is -1.10. The van der Waals surface area contributed by atoms with E-state index in [0.29, 0.717) is 0 Å². The fraction of sp³-hybridized carbons (Fsp3) is 0.667. The molecule has 2 heterocycles. The third-order valence-corrected chi connectivity index (χ3v) is 3.60. The predicted molar refractivity (Wildman–Crippen MR) is 70.4 cm³/mol. The summed E-state index contributed by atoms with van der Waals surface area (Å²) in [6, 6.07) is 0. The number of rotatable bonds is 2. The minimum Gasteiger partial charge on any atom is -0.351 e. The van der Waals surface area contributed by atoms with Crippen LogP contribution in [0.4, 0.5) is 5.13 Å². The molecule has 1 aromatic heterocycles. The van der Waals surface area contributed by atoms with Crippen LogP contribution in [0.15, 0.2) is 6.20 Å². The Balaban J connectivity index is 1.85. The lowest BCUT2D eigenvalue weighted by Gasteiger charge is -2.39. The molecule has 0 aliphatic carbocycles. The van der Waals surface area contributed by atoms with Gasteiger partial charge in [0.1, 0.15) is 0 Å². The van der Waals surface area contributed by atoms with Crippen molar-refractivity contribution >= 4 is 22.4 Å². The van der Waals surface area contributed by atoms with Gasteiger partial charge in [0, 0.05) is 29.7 Å². The summed E-state index contributed by atoms with van der Waals surface area (Å²) in [5.41, 5.74) is -0.144. The molecule has 1 aliphatic heterocycles. The second kappa shape index (κ2) is 4.29. The lowest BCUT2D eigenvalue weighted by molar-refractivity contribution is -0.127. The summed E-state index contributed by atoms with van der Waals surface area (Å²) < 4.78 is 0. The van der Waals surface area contributed by atoms with Crippen molar-refractivity contribution in [2.24, 2.45) is 5.92 Å². The van der Waals surface area contributed by atoms with Gasteiger partial charge in [-0.2, -0.15) is 0 Å². The zero-order chi connectivity index (χ0) is 12.6. The van der Waals surface area contributed by atoms with E-state index in [-0.39, 0.29) is 17.4 Å². The first-order valence-electron chi connectivity index (χ1n) is 5.84. The van der Waals surface area contributed by atoms with Crippen LogP contribution in [-0.4, -0.2) is 29.5 Å². The lowest BCUT2D eigenvalue weighted by atomic mass is 9.98. The molecule has 1 amide bonds. The van der Waals surface area contributed by atoms with Crippen molar-refractivity contribution in [3.63, 3.8) is 0 Å². The fourth-order valence-corrected chi connectivity index (χ4v) is 2.54. The van der Waals surface area contributed by atoms with Gasteiger partial charge in [0.2, 0.25) is 5.91 Å². The van der Waals surface area contributed by atoms with E-state index in [4.69, 9.17) is 0 Å². The third kappa shape index (κ3) is 2.97.